The third-order valence-corrected chi connectivity index (χ3v) is 5.00. The third kappa shape index (κ3) is 4.87. The van der Waals surface area contributed by atoms with Crippen LogP contribution < -0.4 is 5.32 Å². The minimum Gasteiger partial charge on any atom is -0.368 e. The molecule has 2 aromatic heterocycles. The minimum absolute atomic E-state index is 0.589. The van der Waals surface area contributed by atoms with E-state index in [-0.39, 0.29) is 0 Å². The van der Waals surface area contributed by atoms with E-state index in [1.165, 1.54) is 5.56 Å². The van der Waals surface area contributed by atoms with Crippen LogP contribution in [0.4, 0.5) is 5.82 Å². The Hall–Kier alpha value is -2.78. The molecule has 0 unspecified atom stereocenters. The van der Waals surface area contributed by atoms with Crippen molar-refractivity contribution in [2.24, 2.45) is 0 Å². The lowest BCUT2D eigenvalue weighted by Gasteiger charge is -2.09. The number of imidazole rings is 1. The number of nitriles is 1. The Balaban J connectivity index is 1.51. The second kappa shape index (κ2) is 9.07. The summed E-state index contributed by atoms with van der Waals surface area (Å²) in [5.41, 5.74) is 5.06. The maximum Gasteiger partial charge on any atom is 0.143 e. The summed E-state index contributed by atoms with van der Waals surface area (Å²) in [5.74, 6) is 2.46. The van der Waals surface area contributed by atoms with Gasteiger partial charge in [-0.05, 0) is 30.5 Å². The quantitative estimate of drug-likeness (QED) is 0.593. The molecule has 26 heavy (non-hydrogen) atoms. The van der Waals surface area contributed by atoms with Gasteiger partial charge in [-0.2, -0.15) is 17.0 Å². The van der Waals surface area contributed by atoms with Gasteiger partial charge in [-0.3, -0.25) is 0 Å². The van der Waals surface area contributed by atoms with Crippen LogP contribution in [0.25, 0.3) is 0 Å². The monoisotopic (exact) mass is 363 g/mol. The van der Waals surface area contributed by atoms with Crippen LogP contribution in [0.3, 0.4) is 0 Å². The first-order valence-electron chi connectivity index (χ1n) is 8.49. The van der Waals surface area contributed by atoms with Gasteiger partial charge >= 0.3 is 0 Å². The lowest BCUT2D eigenvalue weighted by atomic mass is 10.1. The lowest BCUT2D eigenvalue weighted by Crippen LogP contribution is -2.08. The number of aromatic nitrogens is 3. The summed E-state index contributed by atoms with van der Waals surface area (Å²) in [6, 6.07) is 14.4. The van der Waals surface area contributed by atoms with Crippen molar-refractivity contribution >= 4 is 17.6 Å². The van der Waals surface area contributed by atoms with E-state index in [4.69, 9.17) is 0 Å². The molecule has 3 rings (SSSR count). The van der Waals surface area contributed by atoms with Gasteiger partial charge in [0.05, 0.1) is 17.6 Å². The topological polar surface area (TPSA) is 77.4 Å². The maximum absolute atomic E-state index is 9.42. The molecule has 0 saturated carbocycles. The normalized spacial score (nSPS) is 10.5. The van der Waals surface area contributed by atoms with E-state index in [0.29, 0.717) is 11.4 Å². The number of nitrogens with one attached hydrogen (secondary N) is 2. The standard InChI is InChI=1S/C20H21N5S/c1-15-19(25-14-24-15)13-26-8-7-22-20-18(11-21)10-17(12-23-20)9-16-5-3-2-4-6-16/h2-6,10,12,14H,7-9,13H2,1H3,(H,22,23)(H,24,25). The fourth-order valence-electron chi connectivity index (χ4n) is 2.61. The third-order valence-electron chi connectivity index (χ3n) is 4.03. The second-order valence-corrected chi connectivity index (χ2v) is 7.07. The second-order valence-electron chi connectivity index (χ2n) is 5.97. The van der Waals surface area contributed by atoms with Crippen molar-refractivity contribution in [3.8, 4) is 6.07 Å². The summed E-state index contributed by atoms with van der Waals surface area (Å²) < 4.78 is 0. The van der Waals surface area contributed by atoms with Gasteiger partial charge in [-0.15, -0.1) is 0 Å². The van der Waals surface area contributed by atoms with E-state index >= 15 is 0 Å². The van der Waals surface area contributed by atoms with Gasteiger partial charge in [-0.25, -0.2) is 9.97 Å². The zero-order valence-electron chi connectivity index (χ0n) is 14.7. The van der Waals surface area contributed by atoms with Crippen LogP contribution in [0, 0.1) is 18.3 Å². The van der Waals surface area contributed by atoms with Crippen molar-refractivity contribution < 1.29 is 0 Å². The molecule has 0 aliphatic heterocycles. The zero-order chi connectivity index (χ0) is 18.2. The molecule has 6 heteroatoms. The van der Waals surface area contributed by atoms with Gasteiger partial charge in [0.15, 0.2) is 0 Å². The highest BCUT2D eigenvalue weighted by molar-refractivity contribution is 7.98. The smallest absolute Gasteiger partial charge is 0.143 e. The average Bonchev–Trinajstić information content (AvgIpc) is 3.08. The fourth-order valence-corrected chi connectivity index (χ4v) is 3.48. The van der Waals surface area contributed by atoms with Crippen LogP contribution in [0.1, 0.15) is 28.1 Å². The molecule has 0 radical (unpaired) electrons. The first-order valence-corrected chi connectivity index (χ1v) is 9.65. The molecule has 132 valence electrons. The van der Waals surface area contributed by atoms with E-state index in [9.17, 15) is 5.26 Å². The first-order chi connectivity index (χ1) is 12.8. The van der Waals surface area contributed by atoms with Crippen molar-refractivity contribution in [2.75, 3.05) is 17.6 Å². The average molecular weight is 363 g/mol. The van der Waals surface area contributed by atoms with Crippen LogP contribution >= 0.6 is 11.8 Å². The molecule has 2 heterocycles. The van der Waals surface area contributed by atoms with Crippen LogP contribution in [0.15, 0.2) is 48.9 Å². The highest BCUT2D eigenvalue weighted by Crippen LogP contribution is 2.17. The van der Waals surface area contributed by atoms with Crippen molar-refractivity contribution in [1.29, 1.82) is 5.26 Å². The van der Waals surface area contributed by atoms with E-state index in [2.05, 4.69) is 38.5 Å². The Morgan fingerprint density at radius 1 is 1.19 bits per heavy atom. The van der Waals surface area contributed by atoms with E-state index in [1.807, 2.05) is 49.1 Å². The minimum atomic E-state index is 0.589. The number of pyridine rings is 1. The fraction of sp³-hybridized carbons (Fsp3) is 0.250. The molecule has 0 atom stereocenters. The molecule has 1 aromatic carbocycles. The summed E-state index contributed by atoms with van der Waals surface area (Å²) in [4.78, 5) is 11.8. The number of hydrogen-bond donors (Lipinski definition) is 2. The Kier molecular flexibility index (Phi) is 6.29. The number of nitrogens with zero attached hydrogens (tertiary/aromatic N) is 3. The molecule has 0 spiro atoms. The highest BCUT2D eigenvalue weighted by Gasteiger charge is 2.06. The molecular formula is C20H21N5S. The van der Waals surface area contributed by atoms with Crippen LogP contribution in [-0.4, -0.2) is 27.2 Å². The molecule has 0 aliphatic carbocycles. The predicted molar refractivity (Wildman–Crippen MR) is 106 cm³/mol. The largest absolute Gasteiger partial charge is 0.368 e. The first kappa shape index (κ1) is 18.0. The molecule has 0 amide bonds. The maximum atomic E-state index is 9.42. The van der Waals surface area contributed by atoms with Gasteiger partial charge in [0, 0.05) is 29.9 Å². The molecule has 5 nitrogen and oxygen atoms in total. The summed E-state index contributed by atoms with van der Waals surface area (Å²) in [5, 5.41) is 12.7. The van der Waals surface area contributed by atoms with E-state index in [1.54, 1.807) is 6.33 Å². The number of aryl methyl sites for hydroxylation is 1. The molecule has 0 saturated heterocycles. The predicted octanol–water partition coefficient (Wildman–Crippen LogP) is 3.92. The van der Waals surface area contributed by atoms with Gasteiger partial charge < -0.3 is 10.3 Å². The summed E-state index contributed by atoms with van der Waals surface area (Å²) >= 11 is 1.81. The van der Waals surface area contributed by atoms with Crippen LogP contribution in [0.2, 0.25) is 0 Å². The van der Waals surface area contributed by atoms with Gasteiger partial charge in [0.1, 0.15) is 11.9 Å². The summed E-state index contributed by atoms with van der Waals surface area (Å²) in [7, 11) is 0. The molecule has 0 fully saturated rings. The zero-order valence-corrected chi connectivity index (χ0v) is 15.5. The summed E-state index contributed by atoms with van der Waals surface area (Å²) in [6.07, 6.45) is 4.35. The van der Waals surface area contributed by atoms with Gasteiger partial charge in [-0.1, -0.05) is 30.3 Å². The molecule has 2 N–H and O–H groups in total. The number of benzene rings is 1. The van der Waals surface area contributed by atoms with Crippen LogP contribution in [0.5, 0.6) is 0 Å². The number of H-pyrrole nitrogens is 1. The molecule has 3 aromatic rings. The van der Waals surface area contributed by atoms with Crippen molar-refractivity contribution in [1.82, 2.24) is 15.0 Å². The lowest BCUT2D eigenvalue weighted by molar-refractivity contribution is 1.11. The van der Waals surface area contributed by atoms with Crippen molar-refractivity contribution in [3.63, 3.8) is 0 Å². The Labute approximate surface area is 157 Å². The Bertz CT molecular complexity index is 883. The number of hydrogen-bond acceptors (Lipinski definition) is 5. The van der Waals surface area contributed by atoms with Crippen molar-refractivity contribution in [3.05, 3.63) is 77.0 Å². The Morgan fingerprint density at radius 2 is 2.04 bits per heavy atom. The van der Waals surface area contributed by atoms with Crippen molar-refractivity contribution in [2.45, 2.75) is 19.1 Å². The van der Waals surface area contributed by atoms with E-state index < -0.39 is 0 Å². The number of aromatic amines is 1. The number of anilines is 1. The SMILES string of the molecule is Cc1[nH]cnc1CSCCNc1ncc(Cc2ccccc2)cc1C#N. The Morgan fingerprint density at radius 3 is 2.77 bits per heavy atom. The molecule has 0 bridgehead atoms. The number of thioether (sulfide) groups is 1. The molecular weight excluding hydrogens is 342 g/mol. The number of rotatable bonds is 8. The van der Waals surface area contributed by atoms with Crippen LogP contribution in [-0.2, 0) is 12.2 Å². The van der Waals surface area contributed by atoms with E-state index in [0.717, 1.165) is 41.4 Å². The summed E-state index contributed by atoms with van der Waals surface area (Å²) in [6.45, 7) is 2.79. The highest BCUT2D eigenvalue weighted by atomic mass is 32.2. The van der Waals surface area contributed by atoms with Gasteiger partial charge in [0.25, 0.3) is 0 Å². The van der Waals surface area contributed by atoms with Gasteiger partial charge in [0.2, 0.25) is 0 Å². The molecule has 0 aliphatic rings.